The molecule has 2 aromatic rings. The first-order valence-electron chi connectivity index (χ1n) is 10.1. The Labute approximate surface area is 169 Å². The summed E-state index contributed by atoms with van der Waals surface area (Å²) in [6, 6.07) is 6.52. The number of hydrogen-bond acceptors (Lipinski definition) is 6. The quantitative estimate of drug-likeness (QED) is 0.575. The molecule has 0 fully saturated rings. The minimum atomic E-state index is 0.309. The highest BCUT2D eigenvalue weighted by Gasteiger charge is 2.14. The van der Waals surface area contributed by atoms with Crippen molar-refractivity contribution in [1.82, 2.24) is 14.9 Å². The lowest BCUT2D eigenvalue weighted by Crippen LogP contribution is -2.13. The number of ether oxygens (including phenoxy) is 1. The van der Waals surface area contributed by atoms with Gasteiger partial charge in [0.1, 0.15) is 11.6 Å². The number of nitrogens with zero attached hydrogens (tertiary/aromatic N) is 3. The summed E-state index contributed by atoms with van der Waals surface area (Å²) in [5.41, 5.74) is 10.3. The number of aromatic nitrogens is 2. The molecule has 0 aliphatic rings. The SMILES string of the molecule is CCCCNc1nc(N)nc(C)c1Cc1ccc(CCCN(C)C)cc1OC. The van der Waals surface area contributed by atoms with Crippen LogP contribution in [0.4, 0.5) is 11.8 Å². The van der Waals surface area contributed by atoms with Crippen LogP contribution in [0.25, 0.3) is 0 Å². The molecule has 0 amide bonds. The van der Waals surface area contributed by atoms with E-state index in [0.717, 1.165) is 67.2 Å². The highest BCUT2D eigenvalue weighted by atomic mass is 16.5. The molecule has 3 N–H and O–H groups in total. The summed E-state index contributed by atoms with van der Waals surface area (Å²) in [6.07, 6.45) is 5.11. The van der Waals surface area contributed by atoms with Crippen LogP contribution in [0.2, 0.25) is 0 Å². The van der Waals surface area contributed by atoms with Crippen LogP contribution in [0.1, 0.15) is 48.6 Å². The Morgan fingerprint density at radius 2 is 1.96 bits per heavy atom. The maximum atomic E-state index is 5.88. The van der Waals surface area contributed by atoms with E-state index in [2.05, 4.69) is 59.4 Å². The van der Waals surface area contributed by atoms with Crippen molar-refractivity contribution < 1.29 is 4.74 Å². The van der Waals surface area contributed by atoms with Crippen molar-refractivity contribution >= 4 is 11.8 Å². The fraction of sp³-hybridized carbons (Fsp3) is 0.545. The third-order valence-electron chi connectivity index (χ3n) is 4.84. The van der Waals surface area contributed by atoms with Crippen LogP contribution < -0.4 is 15.8 Å². The molecule has 2 rings (SSSR count). The third-order valence-corrected chi connectivity index (χ3v) is 4.84. The Morgan fingerprint density at radius 3 is 2.64 bits per heavy atom. The molecule has 0 spiro atoms. The first-order chi connectivity index (χ1) is 13.4. The lowest BCUT2D eigenvalue weighted by molar-refractivity contribution is 0.398. The second-order valence-corrected chi connectivity index (χ2v) is 7.50. The topological polar surface area (TPSA) is 76.3 Å². The molecule has 0 saturated carbocycles. The Bertz CT molecular complexity index is 761. The van der Waals surface area contributed by atoms with Gasteiger partial charge in [0.05, 0.1) is 7.11 Å². The summed E-state index contributed by atoms with van der Waals surface area (Å²) in [6.45, 7) is 6.12. The van der Waals surface area contributed by atoms with Crippen molar-refractivity contribution in [2.45, 2.75) is 46.0 Å². The van der Waals surface area contributed by atoms with Crippen molar-refractivity contribution in [3.63, 3.8) is 0 Å². The number of benzene rings is 1. The number of rotatable bonds is 11. The molecule has 0 radical (unpaired) electrons. The molecule has 6 nitrogen and oxygen atoms in total. The van der Waals surface area contributed by atoms with Crippen molar-refractivity contribution in [2.24, 2.45) is 0 Å². The summed E-state index contributed by atoms with van der Waals surface area (Å²) in [4.78, 5) is 11.0. The van der Waals surface area contributed by atoms with E-state index in [1.54, 1.807) is 7.11 Å². The summed E-state index contributed by atoms with van der Waals surface area (Å²) < 4.78 is 5.69. The number of aryl methyl sites for hydroxylation is 2. The second-order valence-electron chi connectivity index (χ2n) is 7.50. The van der Waals surface area contributed by atoms with Gasteiger partial charge in [0, 0.05) is 24.2 Å². The Hall–Kier alpha value is -2.34. The van der Waals surface area contributed by atoms with Gasteiger partial charge in [-0.1, -0.05) is 25.5 Å². The average molecular weight is 386 g/mol. The van der Waals surface area contributed by atoms with Crippen molar-refractivity contribution in [1.29, 1.82) is 0 Å². The summed E-state index contributed by atoms with van der Waals surface area (Å²) in [5, 5.41) is 3.43. The normalized spacial score (nSPS) is 11.1. The Balaban J connectivity index is 2.22. The lowest BCUT2D eigenvalue weighted by Gasteiger charge is -2.16. The summed E-state index contributed by atoms with van der Waals surface area (Å²) >= 11 is 0. The standard InChI is InChI=1S/C22H35N5O/c1-6-7-12-24-21-19(16(2)25-22(23)26-21)15-18-11-10-17(14-20(18)28-5)9-8-13-27(3)4/h10-11,14H,6-9,12-13,15H2,1-5H3,(H3,23,24,25,26). The predicted octanol–water partition coefficient (Wildman–Crippen LogP) is 3.67. The van der Waals surface area contributed by atoms with E-state index in [9.17, 15) is 0 Å². The van der Waals surface area contributed by atoms with Crippen LogP contribution in [-0.4, -0.2) is 49.2 Å². The van der Waals surface area contributed by atoms with Gasteiger partial charge in [-0.25, -0.2) is 4.98 Å². The first-order valence-corrected chi connectivity index (χ1v) is 10.1. The molecule has 0 saturated heterocycles. The number of unbranched alkanes of at least 4 members (excludes halogenated alkanes) is 1. The van der Waals surface area contributed by atoms with Gasteiger partial charge in [0.15, 0.2) is 0 Å². The van der Waals surface area contributed by atoms with Gasteiger partial charge in [-0.05, 0) is 64.0 Å². The van der Waals surface area contributed by atoms with E-state index in [1.165, 1.54) is 5.56 Å². The van der Waals surface area contributed by atoms with Gasteiger partial charge in [-0.3, -0.25) is 0 Å². The van der Waals surface area contributed by atoms with Gasteiger partial charge < -0.3 is 20.7 Å². The van der Waals surface area contributed by atoms with E-state index in [1.807, 2.05) is 6.92 Å². The van der Waals surface area contributed by atoms with E-state index in [4.69, 9.17) is 10.5 Å². The molecular formula is C22H35N5O. The van der Waals surface area contributed by atoms with Gasteiger partial charge in [0.2, 0.25) is 5.95 Å². The number of nitrogens with one attached hydrogen (secondary N) is 1. The molecule has 1 aromatic heterocycles. The number of nitrogen functional groups attached to an aromatic ring is 1. The van der Waals surface area contributed by atoms with Gasteiger partial charge in [-0.2, -0.15) is 4.98 Å². The zero-order chi connectivity index (χ0) is 20.5. The Kier molecular flexibility index (Phi) is 8.51. The van der Waals surface area contributed by atoms with Crippen LogP contribution in [0.5, 0.6) is 5.75 Å². The Morgan fingerprint density at radius 1 is 1.18 bits per heavy atom. The van der Waals surface area contributed by atoms with Crippen LogP contribution in [0, 0.1) is 6.92 Å². The molecule has 0 atom stereocenters. The minimum absolute atomic E-state index is 0.309. The van der Waals surface area contributed by atoms with Crippen molar-refractivity contribution in [3.8, 4) is 5.75 Å². The fourth-order valence-corrected chi connectivity index (χ4v) is 3.24. The largest absolute Gasteiger partial charge is 0.496 e. The molecular weight excluding hydrogens is 350 g/mol. The smallest absolute Gasteiger partial charge is 0.222 e. The van der Waals surface area contributed by atoms with E-state index in [0.29, 0.717) is 12.4 Å². The molecule has 154 valence electrons. The number of methoxy groups -OCH3 is 1. The average Bonchev–Trinajstić information content (AvgIpc) is 2.65. The molecule has 0 aliphatic heterocycles. The monoisotopic (exact) mass is 385 g/mol. The maximum absolute atomic E-state index is 5.88. The molecule has 6 heteroatoms. The summed E-state index contributed by atoms with van der Waals surface area (Å²) in [7, 11) is 5.94. The van der Waals surface area contributed by atoms with Gasteiger partial charge in [-0.15, -0.1) is 0 Å². The molecule has 28 heavy (non-hydrogen) atoms. The van der Waals surface area contributed by atoms with E-state index in [-0.39, 0.29) is 0 Å². The molecule has 0 aliphatic carbocycles. The zero-order valence-electron chi connectivity index (χ0n) is 18.0. The number of nitrogens with two attached hydrogens (primary N) is 1. The fourth-order valence-electron chi connectivity index (χ4n) is 3.24. The lowest BCUT2D eigenvalue weighted by atomic mass is 10.00. The highest BCUT2D eigenvalue weighted by molar-refractivity contribution is 5.53. The number of hydrogen-bond donors (Lipinski definition) is 2. The van der Waals surface area contributed by atoms with Gasteiger partial charge >= 0.3 is 0 Å². The van der Waals surface area contributed by atoms with Crippen LogP contribution >= 0.6 is 0 Å². The van der Waals surface area contributed by atoms with Crippen LogP contribution in [0.15, 0.2) is 18.2 Å². The molecule has 0 bridgehead atoms. The number of anilines is 2. The van der Waals surface area contributed by atoms with Crippen molar-refractivity contribution in [2.75, 3.05) is 45.3 Å². The predicted molar refractivity (Wildman–Crippen MR) is 117 cm³/mol. The second kappa shape index (κ2) is 10.9. The first kappa shape index (κ1) is 22.0. The zero-order valence-corrected chi connectivity index (χ0v) is 18.0. The van der Waals surface area contributed by atoms with E-state index < -0.39 is 0 Å². The van der Waals surface area contributed by atoms with Gasteiger partial charge in [0.25, 0.3) is 0 Å². The van der Waals surface area contributed by atoms with E-state index >= 15 is 0 Å². The molecule has 0 unspecified atom stereocenters. The minimum Gasteiger partial charge on any atom is -0.496 e. The highest BCUT2D eigenvalue weighted by Crippen LogP contribution is 2.28. The van der Waals surface area contributed by atoms with Crippen LogP contribution in [0.3, 0.4) is 0 Å². The van der Waals surface area contributed by atoms with Crippen molar-refractivity contribution in [3.05, 3.63) is 40.6 Å². The maximum Gasteiger partial charge on any atom is 0.222 e. The summed E-state index contributed by atoms with van der Waals surface area (Å²) in [5.74, 6) is 2.05. The van der Waals surface area contributed by atoms with Crippen LogP contribution in [-0.2, 0) is 12.8 Å². The third kappa shape index (κ3) is 6.37. The molecule has 1 aromatic carbocycles. The molecule has 1 heterocycles.